The van der Waals surface area contributed by atoms with Gasteiger partial charge in [-0.05, 0) is 129 Å². The molecule has 2 fully saturated rings. The van der Waals surface area contributed by atoms with Crippen molar-refractivity contribution in [1.29, 1.82) is 0 Å². The molecule has 66 heavy (non-hydrogen) atoms. The molecule has 348 valence electrons. The molecular formula is C53H63N5O8. The van der Waals surface area contributed by atoms with E-state index in [1.807, 2.05) is 4.90 Å². The Bertz CT molecular complexity index is 2490. The minimum absolute atomic E-state index is 0.101. The number of unbranched alkanes of at least 4 members (excludes halogenated alkanes) is 3. The standard InChI is InChI=1S/C53H63N5O8/c1-4-6-30-63-41-19-15-39(16-20-41)51-37(3)44-33-42(65-31-7-5-2)21-22-46(44)57(51)34-38-13-17-40(18-14-38)64-32-9-8-25-55-26-28-56(29-27-55)50(60)36-66-48-12-10-11-43-45(48)35-58(53(43)62)47-23-24-49(59)54-52(47)61/h10-22,33,47H,4-9,23-32,34-36H2,1-3H3,(H,54,59,61). The van der Waals surface area contributed by atoms with Crippen LogP contribution in [-0.4, -0.2) is 108 Å². The van der Waals surface area contributed by atoms with Crippen LogP contribution in [0.25, 0.3) is 22.2 Å². The number of imide groups is 1. The zero-order chi connectivity index (χ0) is 46.0. The van der Waals surface area contributed by atoms with E-state index >= 15 is 0 Å². The van der Waals surface area contributed by atoms with Crippen LogP contribution < -0.4 is 24.3 Å². The third-order valence-electron chi connectivity index (χ3n) is 13.0. The fourth-order valence-corrected chi connectivity index (χ4v) is 9.15. The number of fused-ring (bicyclic) bond motifs is 2. The van der Waals surface area contributed by atoms with Gasteiger partial charge in [-0.15, -0.1) is 0 Å². The summed E-state index contributed by atoms with van der Waals surface area (Å²) < 4.78 is 26.7. The number of nitrogens with zero attached hydrogens (tertiary/aromatic N) is 4. The molecule has 1 unspecified atom stereocenters. The van der Waals surface area contributed by atoms with Crippen molar-refractivity contribution in [3.8, 4) is 34.3 Å². The molecule has 2 saturated heterocycles. The van der Waals surface area contributed by atoms with Gasteiger partial charge in [-0.1, -0.05) is 44.9 Å². The lowest BCUT2D eigenvalue weighted by molar-refractivity contribution is -0.137. The van der Waals surface area contributed by atoms with E-state index in [-0.39, 0.29) is 43.7 Å². The zero-order valence-corrected chi connectivity index (χ0v) is 38.7. The van der Waals surface area contributed by atoms with Crippen molar-refractivity contribution in [2.75, 3.05) is 59.2 Å². The highest BCUT2D eigenvalue weighted by Crippen LogP contribution is 2.37. The Morgan fingerprint density at radius 2 is 1.41 bits per heavy atom. The lowest BCUT2D eigenvalue weighted by Crippen LogP contribution is -2.52. The van der Waals surface area contributed by atoms with Gasteiger partial charge in [0.1, 0.15) is 29.0 Å². The lowest BCUT2D eigenvalue weighted by Gasteiger charge is -2.34. The van der Waals surface area contributed by atoms with Crippen molar-refractivity contribution >= 4 is 34.5 Å². The van der Waals surface area contributed by atoms with E-state index in [1.165, 1.54) is 32.6 Å². The first kappa shape index (κ1) is 46.2. The van der Waals surface area contributed by atoms with Crippen molar-refractivity contribution in [2.24, 2.45) is 0 Å². The van der Waals surface area contributed by atoms with Crippen LogP contribution in [0.4, 0.5) is 0 Å². The number of hydrogen-bond acceptors (Lipinski definition) is 9. The van der Waals surface area contributed by atoms with Gasteiger partial charge in [-0.3, -0.25) is 29.4 Å². The second-order valence-electron chi connectivity index (χ2n) is 17.6. The topological polar surface area (TPSA) is 132 Å². The van der Waals surface area contributed by atoms with Crippen LogP contribution in [0, 0.1) is 6.92 Å². The Balaban J connectivity index is 0.786. The zero-order valence-electron chi connectivity index (χ0n) is 38.7. The second kappa shape index (κ2) is 21.8. The molecule has 3 aliphatic heterocycles. The number of benzene rings is 4. The van der Waals surface area contributed by atoms with Gasteiger partial charge in [0.25, 0.3) is 11.8 Å². The maximum atomic E-state index is 13.2. The maximum absolute atomic E-state index is 13.2. The summed E-state index contributed by atoms with van der Waals surface area (Å²) >= 11 is 0. The molecule has 5 aromatic rings. The van der Waals surface area contributed by atoms with Crippen LogP contribution in [-0.2, 0) is 27.5 Å². The van der Waals surface area contributed by atoms with Gasteiger partial charge >= 0.3 is 0 Å². The third kappa shape index (κ3) is 10.8. The summed E-state index contributed by atoms with van der Waals surface area (Å²) in [6.07, 6.45) is 6.65. The monoisotopic (exact) mass is 897 g/mol. The van der Waals surface area contributed by atoms with Crippen LogP contribution in [0.15, 0.2) is 84.9 Å². The largest absolute Gasteiger partial charge is 0.494 e. The SMILES string of the molecule is CCCCOc1ccc(-c2c(C)c3cc(OCCCC)ccc3n2Cc2ccc(OCCCCN3CCN(C(=O)COc4cccc5c4CN(C4CCC(=O)NC4=O)C5=O)CC3)cc2)cc1. The molecule has 1 atom stereocenters. The molecule has 3 aliphatic rings. The molecule has 0 bridgehead atoms. The molecule has 4 amide bonds. The van der Waals surface area contributed by atoms with Crippen molar-refractivity contribution in [3.05, 3.63) is 107 Å². The normalized spacial score (nSPS) is 16.4. The fraction of sp³-hybridized carbons (Fsp3) is 0.434. The van der Waals surface area contributed by atoms with Gasteiger partial charge in [-0.25, -0.2) is 0 Å². The summed E-state index contributed by atoms with van der Waals surface area (Å²) in [6.45, 7) is 13.1. The van der Waals surface area contributed by atoms with E-state index in [9.17, 15) is 19.2 Å². The number of ether oxygens (including phenoxy) is 4. The molecule has 0 aliphatic carbocycles. The number of nitrogens with one attached hydrogen (secondary N) is 1. The number of carbonyl (C=O) groups is 4. The van der Waals surface area contributed by atoms with Gasteiger partial charge in [0.05, 0.1) is 32.1 Å². The predicted octanol–water partition coefficient (Wildman–Crippen LogP) is 8.17. The maximum Gasteiger partial charge on any atom is 0.260 e. The number of amides is 4. The molecule has 13 nitrogen and oxygen atoms in total. The van der Waals surface area contributed by atoms with Gasteiger partial charge in [-0.2, -0.15) is 0 Å². The molecule has 0 spiro atoms. The molecular weight excluding hydrogens is 835 g/mol. The quantitative estimate of drug-likeness (QED) is 0.0573. The Labute approximate surface area is 387 Å². The number of carbonyl (C=O) groups excluding carboxylic acids is 4. The van der Waals surface area contributed by atoms with E-state index in [1.54, 1.807) is 18.2 Å². The number of piperazine rings is 1. The van der Waals surface area contributed by atoms with Crippen molar-refractivity contribution < 1.29 is 38.1 Å². The summed E-state index contributed by atoms with van der Waals surface area (Å²) in [6, 6.07) is 27.9. The first-order valence-corrected chi connectivity index (χ1v) is 23.8. The first-order chi connectivity index (χ1) is 32.2. The first-order valence-electron chi connectivity index (χ1n) is 23.8. The fourth-order valence-electron chi connectivity index (χ4n) is 9.15. The van der Waals surface area contributed by atoms with Crippen molar-refractivity contribution in [1.82, 2.24) is 24.6 Å². The highest BCUT2D eigenvalue weighted by atomic mass is 16.5. The van der Waals surface area contributed by atoms with Crippen molar-refractivity contribution in [3.63, 3.8) is 0 Å². The highest BCUT2D eigenvalue weighted by molar-refractivity contribution is 6.05. The van der Waals surface area contributed by atoms with E-state index in [0.29, 0.717) is 49.7 Å². The van der Waals surface area contributed by atoms with E-state index < -0.39 is 11.9 Å². The second-order valence-corrected chi connectivity index (χ2v) is 17.6. The van der Waals surface area contributed by atoms with Crippen LogP contribution in [0.5, 0.6) is 23.0 Å². The van der Waals surface area contributed by atoms with Crippen LogP contribution in [0.3, 0.4) is 0 Å². The Morgan fingerprint density at radius 1 is 0.742 bits per heavy atom. The predicted molar refractivity (Wildman–Crippen MR) is 254 cm³/mol. The summed E-state index contributed by atoms with van der Waals surface area (Å²) in [4.78, 5) is 56.2. The van der Waals surface area contributed by atoms with Gasteiger partial charge < -0.3 is 33.3 Å². The summed E-state index contributed by atoms with van der Waals surface area (Å²) in [7, 11) is 0. The molecule has 8 rings (SSSR count). The van der Waals surface area contributed by atoms with Gasteiger partial charge in [0.15, 0.2) is 6.61 Å². The van der Waals surface area contributed by atoms with E-state index in [2.05, 4.69) is 102 Å². The van der Waals surface area contributed by atoms with E-state index in [4.69, 9.17) is 18.9 Å². The van der Waals surface area contributed by atoms with Gasteiger partial charge in [0, 0.05) is 61.2 Å². The average Bonchev–Trinajstić information content (AvgIpc) is 3.81. The smallest absolute Gasteiger partial charge is 0.260 e. The number of rotatable bonds is 21. The summed E-state index contributed by atoms with van der Waals surface area (Å²) in [5.41, 5.74) is 7.03. The molecule has 0 radical (unpaired) electrons. The van der Waals surface area contributed by atoms with Crippen molar-refractivity contribution in [2.45, 2.75) is 91.3 Å². The minimum Gasteiger partial charge on any atom is -0.494 e. The Hall–Kier alpha value is -6.34. The number of hydrogen-bond donors (Lipinski definition) is 1. The minimum atomic E-state index is -0.710. The molecule has 1 N–H and O–H groups in total. The van der Waals surface area contributed by atoms with Crippen LogP contribution >= 0.6 is 0 Å². The number of piperidine rings is 1. The molecule has 4 heterocycles. The molecule has 0 saturated carbocycles. The average molecular weight is 898 g/mol. The summed E-state index contributed by atoms with van der Waals surface area (Å²) in [5, 5.41) is 3.52. The highest BCUT2D eigenvalue weighted by Gasteiger charge is 2.40. The van der Waals surface area contributed by atoms with E-state index in [0.717, 1.165) is 87.6 Å². The van der Waals surface area contributed by atoms with Gasteiger partial charge in [0.2, 0.25) is 11.8 Å². The molecule has 13 heteroatoms. The van der Waals surface area contributed by atoms with Crippen LogP contribution in [0.2, 0.25) is 0 Å². The Morgan fingerprint density at radius 3 is 2.11 bits per heavy atom. The third-order valence-corrected chi connectivity index (χ3v) is 13.0. The van der Waals surface area contributed by atoms with Crippen LogP contribution in [0.1, 0.15) is 92.3 Å². The lowest BCUT2D eigenvalue weighted by atomic mass is 10.0. The Kier molecular flexibility index (Phi) is 15.2. The summed E-state index contributed by atoms with van der Waals surface area (Å²) in [5.74, 6) is 1.95. The molecule has 1 aromatic heterocycles. The number of aromatic nitrogens is 1. The molecule has 4 aromatic carbocycles. The number of aryl methyl sites for hydroxylation is 1.